The molecule has 0 bridgehead atoms. The molecule has 2 aliphatic heterocycles. The number of halogens is 2. The quantitative estimate of drug-likeness (QED) is 0.720. The highest BCUT2D eigenvalue weighted by Gasteiger charge is 2.24. The van der Waals surface area contributed by atoms with Crippen molar-refractivity contribution in [2.24, 2.45) is 11.7 Å². The Kier molecular flexibility index (Phi) is 12.0. The maximum absolute atomic E-state index is 12.5. The van der Waals surface area contributed by atoms with Crippen LogP contribution in [0.5, 0.6) is 0 Å². The lowest BCUT2D eigenvalue weighted by Gasteiger charge is -2.37. The molecule has 0 saturated carbocycles. The van der Waals surface area contributed by atoms with Crippen LogP contribution in [0.4, 0.5) is 0 Å². The van der Waals surface area contributed by atoms with Crippen molar-refractivity contribution in [2.45, 2.75) is 38.1 Å². The number of hydrogen-bond donors (Lipinski definition) is 1. The van der Waals surface area contributed by atoms with Gasteiger partial charge in [-0.15, -0.1) is 24.8 Å². The van der Waals surface area contributed by atoms with E-state index in [1.807, 2.05) is 23.1 Å². The van der Waals surface area contributed by atoms with Gasteiger partial charge in [-0.3, -0.25) is 9.69 Å². The molecule has 2 saturated heterocycles. The highest BCUT2D eigenvalue weighted by atomic mass is 35.5. The standard InChI is InChI=1S/C21H33N3O2.2ClH/c22-20(16-18-4-2-1-3-5-18)6-7-21(25)24-12-10-23(11-13-24)17-19-8-14-26-15-9-19;;/h1-5,19-20H,6-17,22H2;2*1H/t20-;;/m0../s1. The first-order chi connectivity index (χ1) is 12.7. The second-order valence-corrected chi connectivity index (χ2v) is 7.73. The summed E-state index contributed by atoms with van der Waals surface area (Å²) in [5.41, 5.74) is 7.47. The van der Waals surface area contributed by atoms with E-state index in [1.165, 1.54) is 18.4 Å². The molecule has 0 unspecified atom stereocenters. The number of rotatable bonds is 7. The highest BCUT2D eigenvalue weighted by Crippen LogP contribution is 2.17. The summed E-state index contributed by atoms with van der Waals surface area (Å²) in [6.07, 6.45) is 4.52. The summed E-state index contributed by atoms with van der Waals surface area (Å²) in [5.74, 6) is 1.03. The molecule has 160 valence electrons. The number of amides is 1. The van der Waals surface area contributed by atoms with Gasteiger partial charge in [-0.25, -0.2) is 0 Å². The number of piperazine rings is 1. The molecule has 28 heavy (non-hydrogen) atoms. The van der Waals surface area contributed by atoms with Crippen molar-refractivity contribution in [2.75, 3.05) is 45.9 Å². The fourth-order valence-electron chi connectivity index (χ4n) is 3.96. The molecule has 1 aromatic rings. The number of carbonyl (C=O) groups excluding carboxylic acids is 1. The number of ether oxygens (including phenoxy) is 1. The summed E-state index contributed by atoms with van der Waals surface area (Å²) >= 11 is 0. The molecule has 0 spiro atoms. The van der Waals surface area contributed by atoms with Crippen LogP contribution in [0.2, 0.25) is 0 Å². The van der Waals surface area contributed by atoms with Crippen molar-refractivity contribution >= 4 is 30.7 Å². The Hall–Kier alpha value is -0.850. The average Bonchev–Trinajstić information content (AvgIpc) is 2.68. The summed E-state index contributed by atoms with van der Waals surface area (Å²) in [6, 6.07) is 10.3. The minimum Gasteiger partial charge on any atom is -0.381 e. The maximum atomic E-state index is 12.5. The smallest absolute Gasteiger partial charge is 0.222 e. The van der Waals surface area contributed by atoms with Gasteiger partial charge in [0, 0.05) is 58.4 Å². The largest absolute Gasteiger partial charge is 0.381 e. The van der Waals surface area contributed by atoms with Crippen LogP contribution in [-0.2, 0) is 16.0 Å². The summed E-state index contributed by atoms with van der Waals surface area (Å²) in [4.78, 5) is 17.0. The zero-order valence-corrected chi connectivity index (χ0v) is 18.3. The molecule has 0 aromatic heterocycles. The number of nitrogens with two attached hydrogens (primary N) is 1. The number of nitrogens with zero attached hydrogens (tertiary/aromatic N) is 2. The van der Waals surface area contributed by atoms with Crippen molar-refractivity contribution < 1.29 is 9.53 Å². The van der Waals surface area contributed by atoms with Crippen molar-refractivity contribution in [3.05, 3.63) is 35.9 Å². The Bertz CT molecular complexity index is 548. The van der Waals surface area contributed by atoms with Crippen molar-refractivity contribution in [3.63, 3.8) is 0 Å². The molecule has 2 aliphatic rings. The van der Waals surface area contributed by atoms with E-state index in [4.69, 9.17) is 10.5 Å². The van der Waals surface area contributed by atoms with Gasteiger partial charge in [-0.1, -0.05) is 30.3 Å². The van der Waals surface area contributed by atoms with E-state index >= 15 is 0 Å². The topological polar surface area (TPSA) is 58.8 Å². The molecular formula is C21H35Cl2N3O2. The fourth-order valence-corrected chi connectivity index (χ4v) is 3.96. The zero-order chi connectivity index (χ0) is 18.2. The third-order valence-electron chi connectivity index (χ3n) is 5.65. The van der Waals surface area contributed by atoms with Crippen LogP contribution in [0, 0.1) is 5.92 Å². The lowest BCUT2D eigenvalue weighted by molar-refractivity contribution is -0.133. The maximum Gasteiger partial charge on any atom is 0.222 e. The lowest BCUT2D eigenvalue weighted by Crippen LogP contribution is -2.50. The van der Waals surface area contributed by atoms with Crippen LogP contribution >= 0.6 is 24.8 Å². The van der Waals surface area contributed by atoms with Gasteiger partial charge in [0.15, 0.2) is 0 Å². The molecule has 7 heteroatoms. The minimum absolute atomic E-state index is 0. The van der Waals surface area contributed by atoms with Gasteiger partial charge in [0.05, 0.1) is 0 Å². The summed E-state index contributed by atoms with van der Waals surface area (Å²) in [6.45, 7) is 6.69. The SMILES string of the molecule is Cl.Cl.N[C@@H](CCC(=O)N1CCN(CC2CCOCC2)CC1)Cc1ccccc1. The van der Waals surface area contributed by atoms with Crippen LogP contribution in [0.15, 0.2) is 30.3 Å². The van der Waals surface area contributed by atoms with Crippen molar-refractivity contribution in [1.29, 1.82) is 0 Å². The van der Waals surface area contributed by atoms with E-state index in [1.54, 1.807) is 0 Å². The monoisotopic (exact) mass is 431 g/mol. The third kappa shape index (κ3) is 8.26. The molecule has 0 aliphatic carbocycles. The number of benzene rings is 1. The van der Waals surface area contributed by atoms with Crippen LogP contribution in [0.25, 0.3) is 0 Å². The van der Waals surface area contributed by atoms with Gasteiger partial charge in [-0.2, -0.15) is 0 Å². The molecule has 1 atom stereocenters. The van der Waals surface area contributed by atoms with Gasteiger partial charge in [-0.05, 0) is 37.2 Å². The highest BCUT2D eigenvalue weighted by molar-refractivity contribution is 5.85. The molecule has 1 aromatic carbocycles. The van der Waals surface area contributed by atoms with Gasteiger partial charge >= 0.3 is 0 Å². The van der Waals surface area contributed by atoms with Gasteiger partial charge in [0.1, 0.15) is 0 Å². The van der Waals surface area contributed by atoms with E-state index in [0.29, 0.717) is 6.42 Å². The predicted molar refractivity (Wildman–Crippen MR) is 118 cm³/mol. The van der Waals surface area contributed by atoms with E-state index in [9.17, 15) is 4.79 Å². The summed E-state index contributed by atoms with van der Waals surface area (Å²) < 4.78 is 5.44. The summed E-state index contributed by atoms with van der Waals surface area (Å²) in [5, 5.41) is 0. The van der Waals surface area contributed by atoms with Crippen LogP contribution in [-0.4, -0.2) is 67.7 Å². The van der Waals surface area contributed by atoms with Crippen molar-refractivity contribution in [1.82, 2.24) is 9.80 Å². The third-order valence-corrected chi connectivity index (χ3v) is 5.65. The second-order valence-electron chi connectivity index (χ2n) is 7.73. The average molecular weight is 432 g/mol. The van der Waals surface area contributed by atoms with Gasteiger partial charge < -0.3 is 15.4 Å². The number of hydrogen-bond acceptors (Lipinski definition) is 4. The van der Waals surface area contributed by atoms with Crippen LogP contribution in [0.3, 0.4) is 0 Å². The first-order valence-electron chi connectivity index (χ1n) is 10.1. The Morgan fingerprint density at radius 2 is 1.71 bits per heavy atom. The first kappa shape index (κ1) is 25.2. The molecule has 3 rings (SSSR count). The molecule has 1 amide bonds. The lowest BCUT2D eigenvalue weighted by atomic mass is 9.99. The minimum atomic E-state index is 0. The van der Waals surface area contributed by atoms with Gasteiger partial charge in [0.2, 0.25) is 5.91 Å². The van der Waals surface area contributed by atoms with Gasteiger partial charge in [0.25, 0.3) is 0 Å². The Labute approximate surface area is 181 Å². The van der Waals surface area contributed by atoms with E-state index in [2.05, 4.69) is 17.0 Å². The number of carbonyl (C=O) groups is 1. The molecule has 5 nitrogen and oxygen atoms in total. The van der Waals surface area contributed by atoms with E-state index in [-0.39, 0.29) is 36.8 Å². The zero-order valence-electron chi connectivity index (χ0n) is 16.6. The van der Waals surface area contributed by atoms with Crippen LogP contribution < -0.4 is 5.73 Å². The van der Waals surface area contributed by atoms with Crippen molar-refractivity contribution in [3.8, 4) is 0 Å². The van der Waals surface area contributed by atoms with Crippen LogP contribution in [0.1, 0.15) is 31.2 Å². The Morgan fingerprint density at radius 1 is 1.07 bits per heavy atom. The summed E-state index contributed by atoms with van der Waals surface area (Å²) in [7, 11) is 0. The normalized spacial score (nSPS) is 19.4. The molecular weight excluding hydrogens is 397 g/mol. The molecule has 2 N–H and O–H groups in total. The fraction of sp³-hybridized carbons (Fsp3) is 0.667. The first-order valence-corrected chi connectivity index (χ1v) is 10.1. The molecule has 2 heterocycles. The Balaban J connectivity index is 0.00000196. The predicted octanol–water partition coefficient (Wildman–Crippen LogP) is 2.75. The molecule has 2 fully saturated rings. The van der Waals surface area contributed by atoms with E-state index < -0.39 is 0 Å². The molecule has 0 radical (unpaired) electrons. The second kappa shape index (κ2) is 13.4. The Morgan fingerprint density at radius 3 is 2.36 bits per heavy atom. The van der Waals surface area contributed by atoms with E-state index in [0.717, 1.165) is 64.7 Å².